The highest BCUT2D eigenvalue weighted by Gasteiger charge is 2.23. The van der Waals surface area contributed by atoms with Crippen LogP contribution in [0.4, 0.5) is 0 Å². The third-order valence-corrected chi connectivity index (χ3v) is 5.90. The molecular formula is C20H26O6S. The maximum Gasteiger partial charge on any atom is 0.206 e. The van der Waals surface area contributed by atoms with Crippen molar-refractivity contribution in [2.75, 3.05) is 13.2 Å². The molecule has 0 saturated heterocycles. The standard InChI is InChI=1S/C20H26O6S/c1-5-25-19-13(3)7-17(9-15(19)11-21)27(23,24)18-8-14(4)20(26-6-2)16(10-18)12-22/h7-10,21-22H,5-6,11-12H2,1-4H3. The molecule has 2 aromatic rings. The van der Waals surface area contributed by atoms with Crippen LogP contribution in [0, 0.1) is 13.8 Å². The van der Waals surface area contributed by atoms with Gasteiger partial charge in [-0.2, -0.15) is 0 Å². The number of rotatable bonds is 8. The van der Waals surface area contributed by atoms with Crippen LogP contribution < -0.4 is 9.47 Å². The summed E-state index contributed by atoms with van der Waals surface area (Å²) in [6, 6.07) is 5.92. The van der Waals surface area contributed by atoms with E-state index in [4.69, 9.17) is 9.47 Å². The molecule has 0 heterocycles. The molecule has 0 amide bonds. The van der Waals surface area contributed by atoms with Gasteiger partial charge in [-0.15, -0.1) is 0 Å². The van der Waals surface area contributed by atoms with E-state index >= 15 is 0 Å². The molecule has 0 aliphatic carbocycles. The van der Waals surface area contributed by atoms with Crippen molar-refractivity contribution < 1.29 is 28.1 Å². The van der Waals surface area contributed by atoms with E-state index in [0.717, 1.165) is 0 Å². The summed E-state index contributed by atoms with van der Waals surface area (Å²) in [5.74, 6) is 0.996. The van der Waals surface area contributed by atoms with Gasteiger partial charge in [0.05, 0.1) is 36.2 Å². The van der Waals surface area contributed by atoms with Crippen LogP contribution in [0.25, 0.3) is 0 Å². The van der Waals surface area contributed by atoms with Gasteiger partial charge in [-0.05, 0) is 63.1 Å². The molecule has 2 N–H and O–H groups in total. The molecule has 148 valence electrons. The Morgan fingerprint density at radius 2 is 1.15 bits per heavy atom. The fraction of sp³-hybridized carbons (Fsp3) is 0.400. The van der Waals surface area contributed by atoms with Crippen molar-refractivity contribution in [1.82, 2.24) is 0 Å². The van der Waals surface area contributed by atoms with Crippen LogP contribution in [-0.2, 0) is 23.1 Å². The minimum atomic E-state index is -3.85. The third kappa shape index (κ3) is 4.26. The van der Waals surface area contributed by atoms with E-state index in [2.05, 4.69) is 0 Å². The Kier molecular flexibility index (Phi) is 6.86. The predicted octanol–water partition coefficient (Wildman–Crippen LogP) is 2.92. The first kappa shape index (κ1) is 21.2. The van der Waals surface area contributed by atoms with Gasteiger partial charge in [-0.1, -0.05) is 0 Å². The van der Waals surface area contributed by atoms with Gasteiger partial charge < -0.3 is 19.7 Å². The summed E-state index contributed by atoms with van der Waals surface area (Å²) < 4.78 is 37.4. The van der Waals surface area contributed by atoms with E-state index < -0.39 is 9.84 Å². The van der Waals surface area contributed by atoms with Gasteiger partial charge in [0, 0.05) is 11.1 Å². The number of aryl methyl sites for hydroxylation is 2. The lowest BCUT2D eigenvalue weighted by Gasteiger charge is -2.16. The van der Waals surface area contributed by atoms with Gasteiger partial charge in [0.15, 0.2) is 0 Å². The van der Waals surface area contributed by atoms with Gasteiger partial charge in [-0.3, -0.25) is 0 Å². The highest BCUT2D eigenvalue weighted by molar-refractivity contribution is 7.91. The molecular weight excluding hydrogens is 368 g/mol. The number of sulfone groups is 1. The minimum absolute atomic E-state index is 0.0694. The van der Waals surface area contributed by atoms with Gasteiger partial charge in [0.1, 0.15) is 11.5 Å². The van der Waals surface area contributed by atoms with Crippen molar-refractivity contribution >= 4 is 9.84 Å². The first-order valence-electron chi connectivity index (χ1n) is 8.79. The van der Waals surface area contributed by atoms with E-state index in [1.54, 1.807) is 13.8 Å². The molecule has 6 nitrogen and oxygen atoms in total. The van der Waals surface area contributed by atoms with E-state index in [1.807, 2.05) is 13.8 Å². The zero-order valence-electron chi connectivity index (χ0n) is 16.1. The van der Waals surface area contributed by atoms with Crippen molar-refractivity contribution in [1.29, 1.82) is 0 Å². The molecule has 0 bridgehead atoms. The number of benzene rings is 2. The molecule has 0 spiro atoms. The van der Waals surface area contributed by atoms with Crippen molar-refractivity contribution in [2.45, 2.75) is 50.7 Å². The second kappa shape index (κ2) is 8.73. The maximum atomic E-state index is 13.2. The van der Waals surface area contributed by atoms with Crippen LogP contribution in [0.1, 0.15) is 36.1 Å². The average Bonchev–Trinajstić information content (AvgIpc) is 2.64. The largest absolute Gasteiger partial charge is 0.493 e. The molecule has 0 radical (unpaired) electrons. The van der Waals surface area contributed by atoms with Crippen molar-refractivity contribution in [3.8, 4) is 11.5 Å². The molecule has 0 aliphatic rings. The number of hydrogen-bond donors (Lipinski definition) is 2. The predicted molar refractivity (Wildman–Crippen MR) is 102 cm³/mol. The highest BCUT2D eigenvalue weighted by Crippen LogP contribution is 2.34. The first-order valence-corrected chi connectivity index (χ1v) is 10.3. The van der Waals surface area contributed by atoms with Crippen LogP contribution in [0.5, 0.6) is 11.5 Å². The summed E-state index contributed by atoms with van der Waals surface area (Å²) in [5, 5.41) is 19.3. The van der Waals surface area contributed by atoms with Crippen LogP contribution in [-0.4, -0.2) is 31.8 Å². The molecule has 0 aliphatic heterocycles. The summed E-state index contributed by atoms with van der Waals surface area (Å²) in [5.41, 5.74) is 2.10. The van der Waals surface area contributed by atoms with E-state index in [1.165, 1.54) is 24.3 Å². The Bertz CT molecular complexity index is 849. The lowest BCUT2D eigenvalue weighted by molar-refractivity contribution is 0.265. The summed E-state index contributed by atoms with van der Waals surface area (Å²) in [4.78, 5) is 0.139. The average molecular weight is 394 g/mol. The monoisotopic (exact) mass is 394 g/mol. The quantitative estimate of drug-likeness (QED) is 0.715. The zero-order chi connectivity index (χ0) is 20.2. The van der Waals surface area contributed by atoms with Crippen LogP contribution in [0.15, 0.2) is 34.1 Å². The van der Waals surface area contributed by atoms with Crippen LogP contribution in [0.2, 0.25) is 0 Å². The van der Waals surface area contributed by atoms with Gasteiger partial charge >= 0.3 is 0 Å². The lowest BCUT2D eigenvalue weighted by Crippen LogP contribution is -2.08. The first-order chi connectivity index (χ1) is 12.8. The summed E-state index contributed by atoms with van der Waals surface area (Å²) in [6.45, 7) is 7.30. The van der Waals surface area contributed by atoms with Crippen molar-refractivity contribution in [2.24, 2.45) is 0 Å². The third-order valence-electron chi connectivity index (χ3n) is 4.19. The maximum absolute atomic E-state index is 13.2. The molecule has 2 rings (SSSR count). The van der Waals surface area contributed by atoms with Crippen LogP contribution >= 0.6 is 0 Å². The smallest absolute Gasteiger partial charge is 0.206 e. The highest BCUT2D eigenvalue weighted by atomic mass is 32.2. The van der Waals surface area contributed by atoms with Crippen molar-refractivity contribution in [3.05, 3.63) is 46.5 Å². The Morgan fingerprint density at radius 1 is 0.778 bits per heavy atom. The number of aliphatic hydroxyl groups is 2. The van der Waals surface area contributed by atoms with Gasteiger partial charge in [0.25, 0.3) is 0 Å². The second-order valence-electron chi connectivity index (χ2n) is 6.14. The molecule has 2 aromatic carbocycles. The summed E-state index contributed by atoms with van der Waals surface area (Å²) in [6.07, 6.45) is 0. The zero-order valence-corrected chi connectivity index (χ0v) is 16.9. The van der Waals surface area contributed by atoms with Crippen LogP contribution in [0.3, 0.4) is 0 Å². The number of ether oxygens (including phenoxy) is 2. The summed E-state index contributed by atoms with van der Waals surface area (Å²) in [7, 11) is -3.85. The molecule has 0 fully saturated rings. The molecule has 0 unspecified atom stereocenters. The van der Waals surface area contributed by atoms with Crippen molar-refractivity contribution in [3.63, 3.8) is 0 Å². The summed E-state index contributed by atoms with van der Waals surface area (Å²) >= 11 is 0. The normalized spacial score (nSPS) is 11.5. The van der Waals surface area contributed by atoms with Gasteiger partial charge in [0.2, 0.25) is 9.84 Å². The minimum Gasteiger partial charge on any atom is -0.493 e. The van der Waals surface area contributed by atoms with E-state index in [0.29, 0.717) is 47.0 Å². The lowest BCUT2D eigenvalue weighted by atomic mass is 10.1. The van der Waals surface area contributed by atoms with Gasteiger partial charge in [-0.25, -0.2) is 8.42 Å². The Morgan fingerprint density at radius 3 is 1.44 bits per heavy atom. The van der Waals surface area contributed by atoms with E-state index in [9.17, 15) is 18.6 Å². The Labute approximate surface area is 160 Å². The second-order valence-corrected chi connectivity index (χ2v) is 8.09. The molecule has 0 aromatic heterocycles. The Balaban J connectivity index is 2.62. The molecule has 27 heavy (non-hydrogen) atoms. The topological polar surface area (TPSA) is 93.1 Å². The Hall–Kier alpha value is -2.09. The number of hydrogen-bond acceptors (Lipinski definition) is 6. The fourth-order valence-corrected chi connectivity index (χ4v) is 4.54. The fourth-order valence-electron chi connectivity index (χ4n) is 3.01. The molecule has 0 saturated carbocycles. The number of aliphatic hydroxyl groups excluding tert-OH is 2. The molecule has 0 atom stereocenters. The SMILES string of the molecule is CCOc1c(C)cc(S(=O)(=O)c2cc(C)c(OCC)c(CO)c2)cc1CO. The van der Waals surface area contributed by atoms with E-state index in [-0.39, 0.29) is 23.0 Å². The molecule has 7 heteroatoms.